The molecule has 0 atom stereocenters. The molecule has 104 valence electrons. The van der Waals surface area contributed by atoms with Crippen LogP contribution in [0.2, 0.25) is 0 Å². The Morgan fingerprint density at radius 2 is 1.68 bits per heavy atom. The van der Waals surface area contributed by atoms with Crippen LogP contribution in [0, 0.1) is 11.6 Å². The molecule has 0 aliphatic carbocycles. The molecule has 0 unspecified atom stereocenters. The van der Waals surface area contributed by atoms with E-state index in [9.17, 15) is 18.4 Å². The van der Waals surface area contributed by atoms with Crippen LogP contribution in [-0.4, -0.2) is 22.8 Å². The van der Waals surface area contributed by atoms with E-state index in [2.05, 4.69) is 0 Å². The number of aromatic carboxylic acids is 1. The molecule has 7 heteroatoms. The lowest BCUT2D eigenvalue weighted by atomic mass is 10.2. The Bertz CT molecular complexity index is 500. The highest BCUT2D eigenvalue weighted by atomic mass is 19.1. The summed E-state index contributed by atoms with van der Waals surface area (Å²) in [6, 6.07) is 1.22. The predicted octanol–water partition coefficient (Wildman–Crippen LogP) is 3.01. The average Bonchev–Trinajstić information content (AvgIpc) is 2.20. The largest absolute Gasteiger partial charge is 0.478 e. The molecule has 0 bridgehead atoms. The van der Waals surface area contributed by atoms with E-state index in [1.54, 1.807) is 20.8 Å². The Morgan fingerprint density at radius 3 is 2.05 bits per heavy atom. The lowest BCUT2D eigenvalue weighted by molar-refractivity contribution is 0.0633. The van der Waals surface area contributed by atoms with Crippen LogP contribution in [-0.2, 0) is 4.74 Å². The van der Waals surface area contributed by atoms with Crippen molar-refractivity contribution in [2.45, 2.75) is 26.4 Å². The second kappa shape index (κ2) is 5.21. The van der Waals surface area contributed by atoms with E-state index < -0.39 is 40.5 Å². The number of ether oxygens (including phenoxy) is 1. The number of halogens is 2. The van der Waals surface area contributed by atoms with E-state index in [4.69, 9.17) is 9.84 Å². The minimum atomic E-state index is -1.47. The van der Waals surface area contributed by atoms with Gasteiger partial charge in [0.2, 0.25) is 0 Å². The predicted molar refractivity (Wildman–Crippen MR) is 63.2 cm³/mol. The quantitative estimate of drug-likeness (QED) is 0.868. The zero-order valence-corrected chi connectivity index (χ0v) is 10.6. The van der Waals surface area contributed by atoms with Gasteiger partial charge in [0.05, 0.1) is 5.56 Å². The van der Waals surface area contributed by atoms with Crippen LogP contribution in [0.5, 0.6) is 0 Å². The monoisotopic (exact) mass is 273 g/mol. The topological polar surface area (TPSA) is 75.6 Å². The number of amides is 1. The first-order chi connectivity index (χ1) is 8.60. The Morgan fingerprint density at radius 1 is 1.21 bits per heavy atom. The summed E-state index contributed by atoms with van der Waals surface area (Å²) in [7, 11) is 0. The molecule has 0 saturated carbocycles. The highest BCUT2D eigenvalue weighted by molar-refractivity contribution is 5.90. The first-order valence-corrected chi connectivity index (χ1v) is 5.32. The van der Waals surface area contributed by atoms with E-state index in [-0.39, 0.29) is 0 Å². The summed E-state index contributed by atoms with van der Waals surface area (Å²) >= 11 is 0. The molecule has 2 N–H and O–H groups in total. The van der Waals surface area contributed by atoms with Gasteiger partial charge in [0.1, 0.15) is 11.3 Å². The van der Waals surface area contributed by atoms with Gasteiger partial charge in [0.25, 0.3) is 0 Å². The minimum absolute atomic E-state index is 0.551. The lowest BCUT2D eigenvalue weighted by Crippen LogP contribution is -2.27. The van der Waals surface area contributed by atoms with Crippen LogP contribution in [0.3, 0.4) is 0 Å². The van der Waals surface area contributed by atoms with Gasteiger partial charge < -0.3 is 9.84 Å². The zero-order valence-electron chi connectivity index (χ0n) is 10.6. The fourth-order valence-electron chi connectivity index (χ4n) is 1.22. The van der Waals surface area contributed by atoms with Crippen molar-refractivity contribution in [2.24, 2.45) is 0 Å². The first-order valence-electron chi connectivity index (χ1n) is 5.32. The molecule has 5 nitrogen and oxygen atoms in total. The molecule has 19 heavy (non-hydrogen) atoms. The second-order valence-corrected chi connectivity index (χ2v) is 4.75. The van der Waals surface area contributed by atoms with Gasteiger partial charge in [0, 0.05) is 0 Å². The molecule has 0 aliphatic heterocycles. The summed E-state index contributed by atoms with van der Waals surface area (Å²) in [6.45, 7) is 4.77. The third-order valence-corrected chi connectivity index (χ3v) is 1.92. The summed E-state index contributed by atoms with van der Waals surface area (Å²) in [6.07, 6.45) is -1.03. The number of carbonyl (C=O) groups excluding carboxylic acids is 1. The number of anilines is 1. The molecule has 1 amide bonds. The molecule has 0 saturated heterocycles. The van der Waals surface area contributed by atoms with Crippen molar-refractivity contribution in [3.05, 3.63) is 29.3 Å². The molecule has 0 fully saturated rings. The van der Waals surface area contributed by atoms with E-state index in [0.29, 0.717) is 12.1 Å². The number of benzene rings is 1. The smallest absolute Gasteiger partial charge is 0.412 e. The third kappa shape index (κ3) is 4.20. The second-order valence-electron chi connectivity index (χ2n) is 4.75. The van der Waals surface area contributed by atoms with Gasteiger partial charge in [-0.3, -0.25) is 5.32 Å². The van der Waals surface area contributed by atoms with Gasteiger partial charge in [-0.05, 0) is 32.9 Å². The number of carboxylic acids is 1. The highest BCUT2D eigenvalue weighted by Crippen LogP contribution is 2.21. The number of carbonyl (C=O) groups is 2. The van der Waals surface area contributed by atoms with Crippen LogP contribution >= 0.6 is 0 Å². The lowest BCUT2D eigenvalue weighted by Gasteiger charge is -2.20. The Kier molecular flexibility index (Phi) is 4.08. The minimum Gasteiger partial charge on any atom is -0.478 e. The molecule has 0 spiro atoms. The van der Waals surface area contributed by atoms with Gasteiger partial charge in [-0.2, -0.15) is 0 Å². The molecule has 0 aliphatic rings. The summed E-state index contributed by atoms with van der Waals surface area (Å²) in [4.78, 5) is 21.9. The normalized spacial score (nSPS) is 11.0. The number of hydrogen-bond acceptors (Lipinski definition) is 3. The summed E-state index contributed by atoms with van der Waals surface area (Å²) in [5.41, 5.74) is -2.12. The van der Waals surface area contributed by atoms with Crippen molar-refractivity contribution < 1.29 is 28.2 Å². The number of carboxylic acid groups (broad SMARTS) is 1. The van der Waals surface area contributed by atoms with Gasteiger partial charge in [0.15, 0.2) is 11.6 Å². The van der Waals surface area contributed by atoms with Crippen LogP contribution in [0.1, 0.15) is 31.1 Å². The van der Waals surface area contributed by atoms with E-state index >= 15 is 0 Å². The third-order valence-electron chi connectivity index (χ3n) is 1.92. The summed E-state index contributed by atoms with van der Waals surface area (Å²) in [5.74, 6) is -3.85. The zero-order chi connectivity index (χ0) is 14.8. The van der Waals surface area contributed by atoms with Gasteiger partial charge in [-0.1, -0.05) is 0 Å². The molecule has 0 radical (unpaired) electrons. The maximum absolute atomic E-state index is 13.5. The maximum Gasteiger partial charge on any atom is 0.412 e. The van der Waals surface area contributed by atoms with E-state index in [1.165, 1.54) is 0 Å². The van der Waals surface area contributed by atoms with E-state index in [1.807, 2.05) is 5.32 Å². The molecule has 0 heterocycles. The van der Waals surface area contributed by atoms with Crippen molar-refractivity contribution >= 4 is 17.7 Å². The molecular weight excluding hydrogens is 260 g/mol. The Labute approximate surface area is 108 Å². The molecule has 1 rings (SSSR count). The SMILES string of the molecule is CC(C)(C)OC(=O)Nc1c(F)cc(C(=O)O)cc1F. The molecule has 1 aromatic rings. The van der Waals surface area contributed by atoms with Crippen LogP contribution in [0.25, 0.3) is 0 Å². The molecule has 1 aromatic carbocycles. The van der Waals surface area contributed by atoms with Crippen molar-refractivity contribution in [2.75, 3.05) is 5.32 Å². The fraction of sp³-hybridized carbons (Fsp3) is 0.333. The van der Waals surface area contributed by atoms with Gasteiger partial charge in [-0.15, -0.1) is 0 Å². The number of nitrogens with one attached hydrogen (secondary N) is 1. The van der Waals surface area contributed by atoms with Crippen molar-refractivity contribution in [3.8, 4) is 0 Å². The van der Waals surface area contributed by atoms with Crippen LogP contribution < -0.4 is 5.32 Å². The van der Waals surface area contributed by atoms with Crippen LogP contribution in [0.15, 0.2) is 12.1 Å². The Balaban J connectivity index is 2.97. The fourth-order valence-corrected chi connectivity index (χ4v) is 1.22. The maximum atomic E-state index is 13.5. The molecular formula is C12H13F2NO4. The van der Waals surface area contributed by atoms with Crippen molar-refractivity contribution in [1.29, 1.82) is 0 Å². The number of hydrogen-bond donors (Lipinski definition) is 2. The van der Waals surface area contributed by atoms with E-state index in [0.717, 1.165) is 0 Å². The van der Waals surface area contributed by atoms with Gasteiger partial charge >= 0.3 is 12.1 Å². The first kappa shape index (κ1) is 14.9. The summed E-state index contributed by atoms with van der Waals surface area (Å²) < 4.78 is 31.8. The van der Waals surface area contributed by atoms with Crippen molar-refractivity contribution in [1.82, 2.24) is 0 Å². The van der Waals surface area contributed by atoms with Crippen molar-refractivity contribution in [3.63, 3.8) is 0 Å². The highest BCUT2D eigenvalue weighted by Gasteiger charge is 2.20. The van der Waals surface area contributed by atoms with Gasteiger partial charge in [-0.25, -0.2) is 18.4 Å². The van der Waals surface area contributed by atoms with Crippen LogP contribution in [0.4, 0.5) is 19.3 Å². The standard InChI is InChI=1S/C12H13F2NO4/c1-12(2,3)19-11(18)15-9-7(13)4-6(10(16)17)5-8(9)14/h4-5H,1-3H3,(H,15,18)(H,16,17). The summed E-state index contributed by atoms with van der Waals surface area (Å²) in [5, 5.41) is 10.5. The molecule has 0 aromatic heterocycles. The average molecular weight is 273 g/mol. The Hall–Kier alpha value is -2.18. The number of rotatable bonds is 2.